The quantitative estimate of drug-likeness (QED) is 0.179. The smallest absolute Gasteiger partial charge is 0.163 e. The van der Waals surface area contributed by atoms with Crippen LogP contribution >= 0.6 is 0 Å². The third kappa shape index (κ3) is 4.69. The molecule has 2 aliphatic heterocycles. The van der Waals surface area contributed by atoms with E-state index >= 15 is 0 Å². The molecular weight excluding hydrogens is 665 g/mol. The van der Waals surface area contributed by atoms with Crippen molar-refractivity contribution in [2.75, 3.05) is 9.80 Å². The van der Waals surface area contributed by atoms with Crippen molar-refractivity contribution in [2.45, 2.75) is 38.5 Å². The van der Waals surface area contributed by atoms with Gasteiger partial charge in [-0.15, -0.1) is 0 Å². The molecular formula is C46H36N8. The van der Waals surface area contributed by atoms with Crippen molar-refractivity contribution in [1.82, 2.24) is 29.9 Å². The molecule has 260 valence electrons. The van der Waals surface area contributed by atoms with E-state index in [0.717, 1.165) is 56.0 Å². The van der Waals surface area contributed by atoms with Crippen LogP contribution in [0.5, 0.6) is 0 Å². The number of anilines is 6. The van der Waals surface area contributed by atoms with Gasteiger partial charge in [0.25, 0.3) is 0 Å². The first-order valence-corrected chi connectivity index (χ1v) is 18.2. The van der Waals surface area contributed by atoms with Gasteiger partial charge in [-0.25, -0.2) is 29.9 Å². The third-order valence-electron chi connectivity index (χ3n) is 11.3. The van der Waals surface area contributed by atoms with Gasteiger partial charge in [0.1, 0.15) is 25.3 Å². The average molecular weight is 701 g/mol. The van der Waals surface area contributed by atoms with Gasteiger partial charge in [0.05, 0.1) is 22.7 Å². The Bertz CT molecular complexity index is 2450. The highest BCUT2D eigenvalue weighted by Crippen LogP contribution is 2.55. The van der Waals surface area contributed by atoms with Gasteiger partial charge in [0, 0.05) is 33.3 Å². The van der Waals surface area contributed by atoms with Crippen molar-refractivity contribution in [2.24, 2.45) is 0 Å². The zero-order valence-corrected chi connectivity index (χ0v) is 30.4. The second kappa shape index (κ2) is 11.9. The Labute approximate surface area is 313 Å². The second-order valence-corrected chi connectivity index (χ2v) is 15.0. The van der Waals surface area contributed by atoms with Gasteiger partial charge in [0.2, 0.25) is 0 Å². The molecule has 4 heterocycles. The molecule has 0 fully saturated rings. The molecule has 8 aromatic rings. The van der Waals surface area contributed by atoms with Crippen molar-refractivity contribution in [3.8, 4) is 22.8 Å². The molecule has 54 heavy (non-hydrogen) atoms. The number of para-hydroxylation sites is 4. The summed E-state index contributed by atoms with van der Waals surface area (Å²) in [6.45, 7) is 9.21. The van der Waals surface area contributed by atoms with E-state index in [9.17, 15) is 0 Å². The van der Waals surface area contributed by atoms with Gasteiger partial charge in [-0.3, -0.25) is 0 Å². The molecule has 0 N–H and O–H groups in total. The SMILES string of the molecule is CC1(C)c2ccccc2N(c2cc(-c3ncncn3)c3cc(N4c5ccccc5C(C)(C)c5ccccc54)cc(-c4ncncn4)c3c2)c2ccccc21. The highest BCUT2D eigenvalue weighted by atomic mass is 15.2. The zero-order valence-electron chi connectivity index (χ0n) is 30.4. The van der Waals surface area contributed by atoms with E-state index in [1.54, 1.807) is 25.3 Å². The Morgan fingerprint density at radius 1 is 0.389 bits per heavy atom. The summed E-state index contributed by atoms with van der Waals surface area (Å²) in [7, 11) is 0. The summed E-state index contributed by atoms with van der Waals surface area (Å²) in [6, 6.07) is 43.7. The van der Waals surface area contributed by atoms with Gasteiger partial charge in [-0.05, 0) is 81.6 Å². The molecule has 2 aromatic heterocycles. The molecule has 6 aromatic carbocycles. The lowest BCUT2D eigenvalue weighted by Gasteiger charge is -2.42. The van der Waals surface area contributed by atoms with Crippen molar-refractivity contribution < 1.29 is 0 Å². The molecule has 8 nitrogen and oxygen atoms in total. The number of nitrogens with zero attached hydrogens (tertiary/aromatic N) is 8. The monoisotopic (exact) mass is 700 g/mol. The van der Waals surface area contributed by atoms with E-state index in [1.807, 2.05) is 0 Å². The first kappa shape index (κ1) is 31.9. The minimum atomic E-state index is -0.196. The Hall–Kier alpha value is -6.80. The molecule has 0 bridgehead atoms. The molecule has 0 atom stereocenters. The van der Waals surface area contributed by atoms with E-state index in [1.165, 1.54) is 22.3 Å². The number of fused-ring (bicyclic) bond motifs is 5. The van der Waals surface area contributed by atoms with Gasteiger partial charge in [-0.1, -0.05) is 100 Å². The summed E-state index contributed by atoms with van der Waals surface area (Å²) in [5, 5.41) is 1.94. The van der Waals surface area contributed by atoms with Gasteiger partial charge >= 0.3 is 0 Å². The minimum Gasteiger partial charge on any atom is -0.310 e. The molecule has 2 aliphatic rings. The molecule has 0 amide bonds. The van der Waals surface area contributed by atoms with Crippen LogP contribution in [0.1, 0.15) is 49.9 Å². The van der Waals surface area contributed by atoms with Crippen molar-refractivity contribution in [3.05, 3.63) is 169 Å². The predicted octanol–water partition coefficient (Wildman–Crippen LogP) is 10.8. The van der Waals surface area contributed by atoms with Crippen LogP contribution in [0.25, 0.3) is 33.5 Å². The maximum atomic E-state index is 4.74. The van der Waals surface area contributed by atoms with Gasteiger partial charge in [-0.2, -0.15) is 0 Å². The lowest BCUT2D eigenvalue weighted by Crippen LogP contribution is -2.30. The number of benzene rings is 6. The fourth-order valence-corrected chi connectivity index (χ4v) is 8.71. The Morgan fingerprint density at radius 2 is 0.685 bits per heavy atom. The molecule has 0 aliphatic carbocycles. The third-order valence-corrected chi connectivity index (χ3v) is 11.3. The van der Waals surface area contributed by atoms with Crippen molar-refractivity contribution >= 4 is 44.9 Å². The summed E-state index contributed by atoms with van der Waals surface area (Å²) in [5.74, 6) is 1.16. The Balaban J connectivity index is 1.31. The number of rotatable bonds is 4. The van der Waals surface area contributed by atoms with Crippen LogP contribution in [0.3, 0.4) is 0 Å². The topological polar surface area (TPSA) is 83.8 Å². The van der Waals surface area contributed by atoms with Crippen LogP contribution in [0.2, 0.25) is 0 Å². The fraction of sp³-hybridized carbons (Fsp3) is 0.130. The maximum Gasteiger partial charge on any atom is 0.163 e. The number of hydrogen-bond acceptors (Lipinski definition) is 8. The van der Waals surface area contributed by atoms with E-state index in [4.69, 9.17) is 19.9 Å². The summed E-state index contributed by atoms with van der Waals surface area (Å²) < 4.78 is 0. The van der Waals surface area contributed by atoms with Gasteiger partial charge < -0.3 is 9.80 Å². The molecule has 10 rings (SSSR count). The molecule has 0 saturated carbocycles. The Kier molecular flexibility index (Phi) is 7.01. The van der Waals surface area contributed by atoms with Crippen LogP contribution < -0.4 is 9.80 Å². The first-order valence-electron chi connectivity index (χ1n) is 18.2. The lowest BCUT2D eigenvalue weighted by molar-refractivity contribution is 0.631. The maximum absolute atomic E-state index is 4.74. The molecule has 0 spiro atoms. The highest BCUT2D eigenvalue weighted by Gasteiger charge is 2.38. The molecule has 8 heteroatoms. The number of aromatic nitrogens is 6. The van der Waals surface area contributed by atoms with E-state index in [2.05, 4.69) is 169 Å². The van der Waals surface area contributed by atoms with E-state index < -0.39 is 0 Å². The average Bonchev–Trinajstić information content (AvgIpc) is 3.21. The summed E-state index contributed by atoms with van der Waals surface area (Å²) in [4.78, 5) is 32.1. The largest absolute Gasteiger partial charge is 0.310 e. The van der Waals surface area contributed by atoms with E-state index in [0.29, 0.717) is 11.6 Å². The molecule has 0 unspecified atom stereocenters. The van der Waals surface area contributed by atoms with Crippen LogP contribution in [0, 0.1) is 0 Å². The van der Waals surface area contributed by atoms with Crippen LogP contribution in [-0.2, 0) is 10.8 Å². The van der Waals surface area contributed by atoms with Crippen molar-refractivity contribution in [1.29, 1.82) is 0 Å². The van der Waals surface area contributed by atoms with Gasteiger partial charge in [0.15, 0.2) is 11.6 Å². The molecule has 0 saturated heterocycles. The van der Waals surface area contributed by atoms with Crippen molar-refractivity contribution in [3.63, 3.8) is 0 Å². The first-order chi connectivity index (χ1) is 26.3. The van der Waals surface area contributed by atoms with E-state index in [-0.39, 0.29) is 10.8 Å². The van der Waals surface area contributed by atoms with Crippen LogP contribution in [0.4, 0.5) is 34.1 Å². The summed E-state index contributed by atoms with van der Waals surface area (Å²) in [6.07, 6.45) is 6.24. The number of hydrogen-bond donors (Lipinski definition) is 0. The highest BCUT2D eigenvalue weighted by molar-refractivity contribution is 6.09. The summed E-state index contributed by atoms with van der Waals surface area (Å²) in [5.41, 5.74) is 12.8. The van der Waals surface area contributed by atoms with Crippen LogP contribution in [-0.4, -0.2) is 29.9 Å². The fourth-order valence-electron chi connectivity index (χ4n) is 8.71. The Morgan fingerprint density at radius 3 is 1.00 bits per heavy atom. The molecule has 0 radical (unpaired) electrons. The predicted molar refractivity (Wildman–Crippen MR) is 215 cm³/mol. The van der Waals surface area contributed by atoms with Crippen LogP contribution in [0.15, 0.2) is 147 Å². The lowest BCUT2D eigenvalue weighted by atomic mass is 9.73. The standard InChI is InChI=1S/C46H36N8/c1-45(2)35-13-5-9-17-39(35)53(40-18-10-6-14-36(40)45)29-21-31-32(33(23-29)43-49-25-47-26-50-43)22-30(24-34(31)44-51-27-48-28-52-44)54-41-19-11-7-15-37(41)46(3,4)38-16-8-12-20-42(38)54/h5-28H,1-4H3. The summed E-state index contributed by atoms with van der Waals surface area (Å²) >= 11 is 0. The normalized spacial score (nSPS) is 14.9. The minimum absolute atomic E-state index is 0.196. The second-order valence-electron chi connectivity index (χ2n) is 15.0. The zero-order chi connectivity index (χ0) is 36.6.